The van der Waals surface area contributed by atoms with E-state index in [9.17, 15) is 8.78 Å². The molecule has 100 valence electrons. The van der Waals surface area contributed by atoms with Crippen LogP contribution >= 0.6 is 15.9 Å². The molecule has 0 spiro atoms. The number of alkyl halides is 2. The first kappa shape index (κ1) is 13.7. The highest BCUT2D eigenvalue weighted by atomic mass is 79.9. The smallest absolute Gasteiger partial charge is 0.272 e. The van der Waals surface area contributed by atoms with Gasteiger partial charge in [-0.25, -0.2) is 8.78 Å². The van der Waals surface area contributed by atoms with Gasteiger partial charge in [-0.15, -0.1) is 0 Å². The van der Waals surface area contributed by atoms with E-state index in [4.69, 9.17) is 4.74 Å². The molecule has 0 aliphatic heterocycles. The summed E-state index contributed by atoms with van der Waals surface area (Å²) in [5.41, 5.74) is 0.908. The first-order valence-electron chi connectivity index (χ1n) is 6.05. The van der Waals surface area contributed by atoms with E-state index in [-0.39, 0.29) is 0 Å². The number of rotatable bonds is 7. The van der Waals surface area contributed by atoms with Gasteiger partial charge >= 0.3 is 0 Å². The summed E-state index contributed by atoms with van der Waals surface area (Å²) in [5, 5.41) is 3.33. The summed E-state index contributed by atoms with van der Waals surface area (Å²) in [6.45, 7) is 1.08. The maximum atomic E-state index is 12.1. The average molecular weight is 320 g/mol. The van der Waals surface area contributed by atoms with Crippen molar-refractivity contribution >= 4 is 15.9 Å². The van der Waals surface area contributed by atoms with E-state index in [1.807, 2.05) is 6.07 Å². The average Bonchev–Trinajstić information content (AvgIpc) is 3.12. The molecule has 1 saturated carbocycles. The van der Waals surface area contributed by atoms with Crippen molar-refractivity contribution in [3.05, 3.63) is 28.2 Å². The lowest BCUT2D eigenvalue weighted by molar-refractivity contribution is 0.0813. The van der Waals surface area contributed by atoms with Crippen LogP contribution in [0.3, 0.4) is 0 Å². The lowest BCUT2D eigenvalue weighted by Gasteiger charge is -2.12. The number of hydrogen-bond donors (Lipinski definition) is 1. The van der Waals surface area contributed by atoms with Crippen LogP contribution in [0.25, 0.3) is 0 Å². The Morgan fingerprint density at radius 2 is 2.17 bits per heavy atom. The van der Waals surface area contributed by atoms with E-state index < -0.39 is 13.0 Å². The van der Waals surface area contributed by atoms with Gasteiger partial charge in [-0.05, 0) is 43.5 Å². The predicted molar refractivity (Wildman–Crippen MR) is 70.1 cm³/mol. The third kappa shape index (κ3) is 4.53. The van der Waals surface area contributed by atoms with E-state index >= 15 is 0 Å². The maximum Gasteiger partial charge on any atom is 0.272 e. The monoisotopic (exact) mass is 319 g/mol. The first-order chi connectivity index (χ1) is 8.65. The van der Waals surface area contributed by atoms with Gasteiger partial charge in [0.1, 0.15) is 12.4 Å². The number of ether oxygens (including phenoxy) is 1. The van der Waals surface area contributed by atoms with Gasteiger partial charge in [0, 0.05) is 16.6 Å². The van der Waals surface area contributed by atoms with Gasteiger partial charge in [0.2, 0.25) is 0 Å². The molecule has 1 aliphatic rings. The van der Waals surface area contributed by atoms with Crippen LogP contribution in [0.5, 0.6) is 5.75 Å². The van der Waals surface area contributed by atoms with E-state index in [0.29, 0.717) is 12.3 Å². The molecular formula is C13H16BrF2NO. The highest BCUT2D eigenvalue weighted by molar-refractivity contribution is 9.10. The molecule has 1 fully saturated rings. The standard InChI is InChI=1S/C13H16BrF2NO/c14-11-3-4-12(18-8-13(15)16)10(5-11)7-17-6-9-1-2-9/h3-5,9,13,17H,1-2,6-8H2. The van der Waals surface area contributed by atoms with Crippen LogP contribution in [0, 0.1) is 5.92 Å². The van der Waals surface area contributed by atoms with E-state index in [1.54, 1.807) is 12.1 Å². The zero-order valence-corrected chi connectivity index (χ0v) is 11.6. The second kappa shape index (κ2) is 6.48. The molecule has 0 heterocycles. The van der Waals surface area contributed by atoms with Gasteiger partial charge < -0.3 is 10.1 Å². The largest absolute Gasteiger partial charge is 0.487 e. The Balaban J connectivity index is 1.92. The minimum absolute atomic E-state index is 0.529. The first-order valence-corrected chi connectivity index (χ1v) is 6.84. The van der Waals surface area contributed by atoms with E-state index in [0.717, 1.165) is 22.5 Å². The predicted octanol–water partition coefficient (Wildman–Crippen LogP) is 3.59. The second-order valence-corrected chi connectivity index (χ2v) is 5.44. The van der Waals surface area contributed by atoms with Gasteiger partial charge in [0.25, 0.3) is 6.43 Å². The lowest BCUT2D eigenvalue weighted by Crippen LogP contribution is -2.17. The molecule has 1 aromatic rings. The number of benzene rings is 1. The molecule has 1 aliphatic carbocycles. The molecule has 1 N–H and O–H groups in total. The van der Waals surface area contributed by atoms with Crippen LogP contribution in [-0.2, 0) is 6.54 Å². The van der Waals surface area contributed by atoms with Crippen molar-refractivity contribution in [1.29, 1.82) is 0 Å². The lowest BCUT2D eigenvalue weighted by atomic mass is 10.2. The van der Waals surface area contributed by atoms with Gasteiger partial charge in [-0.2, -0.15) is 0 Å². The van der Waals surface area contributed by atoms with Crippen molar-refractivity contribution in [2.24, 2.45) is 5.92 Å². The van der Waals surface area contributed by atoms with Crippen LogP contribution < -0.4 is 10.1 Å². The summed E-state index contributed by atoms with van der Waals surface area (Å²) < 4.78 is 30.3. The van der Waals surface area contributed by atoms with Gasteiger partial charge in [0.05, 0.1) is 0 Å². The highest BCUT2D eigenvalue weighted by Gasteiger charge is 2.20. The molecule has 5 heteroatoms. The van der Waals surface area contributed by atoms with Crippen molar-refractivity contribution in [1.82, 2.24) is 5.32 Å². The van der Waals surface area contributed by atoms with Crippen LogP contribution in [0.15, 0.2) is 22.7 Å². The minimum atomic E-state index is -2.44. The van der Waals surface area contributed by atoms with E-state index in [2.05, 4.69) is 21.2 Å². The SMILES string of the molecule is FC(F)COc1ccc(Br)cc1CNCC1CC1. The third-order valence-electron chi connectivity index (χ3n) is 2.83. The minimum Gasteiger partial charge on any atom is -0.487 e. The molecule has 0 amide bonds. The topological polar surface area (TPSA) is 21.3 Å². The molecule has 18 heavy (non-hydrogen) atoms. The normalized spacial score (nSPS) is 15.1. The van der Waals surface area contributed by atoms with Crippen LogP contribution in [0.2, 0.25) is 0 Å². The van der Waals surface area contributed by atoms with Crippen LogP contribution in [-0.4, -0.2) is 19.6 Å². The number of halogens is 3. The van der Waals surface area contributed by atoms with Crippen molar-refractivity contribution in [2.75, 3.05) is 13.2 Å². The van der Waals surface area contributed by atoms with Crippen molar-refractivity contribution in [3.8, 4) is 5.75 Å². The van der Waals surface area contributed by atoms with Crippen molar-refractivity contribution in [2.45, 2.75) is 25.8 Å². The summed E-state index contributed by atoms with van der Waals surface area (Å²) >= 11 is 3.38. The molecular weight excluding hydrogens is 304 g/mol. The zero-order valence-electron chi connectivity index (χ0n) is 9.96. The summed E-state index contributed by atoms with van der Waals surface area (Å²) in [4.78, 5) is 0. The van der Waals surface area contributed by atoms with E-state index in [1.165, 1.54) is 12.8 Å². The second-order valence-electron chi connectivity index (χ2n) is 4.53. The summed E-state index contributed by atoms with van der Waals surface area (Å²) in [5.74, 6) is 1.32. The molecule has 2 rings (SSSR count). The molecule has 0 aromatic heterocycles. The number of hydrogen-bond acceptors (Lipinski definition) is 2. The highest BCUT2D eigenvalue weighted by Crippen LogP contribution is 2.28. The summed E-state index contributed by atoms with van der Waals surface area (Å²) in [7, 11) is 0. The molecule has 0 unspecified atom stereocenters. The van der Waals surface area contributed by atoms with Crippen molar-refractivity contribution < 1.29 is 13.5 Å². The molecule has 0 bridgehead atoms. The fourth-order valence-corrected chi connectivity index (χ4v) is 2.12. The zero-order chi connectivity index (χ0) is 13.0. The fourth-order valence-electron chi connectivity index (χ4n) is 1.71. The number of nitrogens with one attached hydrogen (secondary N) is 1. The Morgan fingerprint density at radius 1 is 1.39 bits per heavy atom. The molecule has 0 saturated heterocycles. The Kier molecular flexibility index (Phi) is 4.95. The van der Waals surface area contributed by atoms with Crippen LogP contribution in [0.4, 0.5) is 8.78 Å². The molecule has 2 nitrogen and oxygen atoms in total. The quantitative estimate of drug-likeness (QED) is 0.829. The molecule has 0 radical (unpaired) electrons. The molecule has 1 aromatic carbocycles. The Labute approximate surface area is 114 Å². The Morgan fingerprint density at radius 3 is 2.83 bits per heavy atom. The van der Waals surface area contributed by atoms with Crippen LogP contribution in [0.1, 0.15) is 18.4 Å². The third-order valence-corrected chi connectivity index (χ3v) is 3.33. The molecule has 0 atom stereocenters. The fraction of sp³-hybridized carbons (Fsp3) is 0.538. The van der Waals surface area contributed by atoms with Crippen molar-refractivity contribution in [3.63, 3.8) is 0 Å². The summed E-state index contributed by atoms with van der Waals surface area (Å²) in [6.07, 6.45) is 0.140. The maximum absolute atomic E-state index is 12.1. The van der Waals surface area contributed by atoms with Gasteiger partial charge in [-0.3, -0.25) is 0 Å². The summed E-state index contributed by atoms with van der Waals surface area (Å²) in [6, 6.07) is 5.42. The van der Waals surface area contributed by atoms with Gasteiger partial charge in [0.15, 0.2) is 0 Å². The Hall–Kier alpha value is -0.680. The Bertz CT molecular complexity index is 397. The van der Waals surface area contributed by atoms with Gasteiger partial charge in [-0.1, -0.05) is 15.9 Å².